The van der Waals surface area contributed by atoms with Crippen LogP contribution in [0.3, 0.4) is 0 Å². The molecule has 1 aliphatic heterocycles. The maximum Gasteiger partial charge on any atom is 0.338 e. The first kappa shape index (κ1) is 21.3. The van der Waals surface area contributed by atoms with E-state index in [9.17, 15) is 9.59 Å². The summed E-state index contributed by atoms with van der Waals surface area (Å²) >= 11 is 4.50. The van der Waals surface area contributed by atoms with Crippen molar-refractivity contribution in [2.75, 3.05) is 13.7 Å². The molecule has 1 aromatic carbocycles. The molecule has 1 unspecified atom stereocenters. The minimum Gasteiger partial charge on any atom is -0.496 e. The first-order valence-electron chi connectivity index (χ1n) is 9.52. The lowest BCUT2D eigenvalue weighted by molar-refractivity contribution is -0.139. The Kier molecular flexibility index (Phi) is 5.97. The second-order valence-corrected chi connectivity index (χ2v) is 8.48. The second-order valence-electron chi connectivity index (χ2n) is 6.69. The number of para-hydroxylation sites is 1. The number of benzene rings is 1. The summed E-state index contributed by atoms with van der Waals surface area (Å²) < 4.78 is 18.9. The SMILES string of the molecule is CCOC(=O)C1=C(C)N=c2sc(=Cc3ccc(Br)o3)c(=O)n2C1c1ccccc1OC. The van der Waals surface area contributed by atoms with Gasteiger partial charge in [-0.2, -0.15) is 0 Å². The van der Waals surface area contributed by atoms with E-state index in [0.29, 0.717) is 42.3 Å². The van der Waals surface area contributed by atoms with Crippen molar-refractivity contribution in [3.8, 4) is 5.75 Å². The highest BCUT2D eigenvalue weighted by molar-refractivity contribution is 9.10. The molecule has 160 valence electrons. The summed E-state index contributed by atoms with van der Waals surface area (Å²) in [6.07, 6.45) is 1.66. The van der Waals surface area contributed by atoms with Crippen LogP contribution >= 0.6 is 27.3 Å². The standard InChI is InChI=1S/C22H19BrN2O5S/c1-4-29-21(27)18-12(2)24-22-25(19(18)14-7-5-6-8-15(14)28-3)20(26)16(31-22)11-13-9-10-17(23)30-13/h5-11,19H,4H2,1-3H3. The highest BCUT2D eigenvalue weighted by Gasteiger charge is 2.34. The molecule has 7 nitrogen and oxygen atoms in total. The number of rotatable bonds is 5. The van der Waals surface area contributed by atoms with Crippen LogP contribution in [0.25, 0.3) is 6.08 Å². The van der Waals surface area contributed by atoms with Crippen LogP contribution in [-0.2, 0) is 9.53 Å². The Labute approximate surface area is 190 Å². The molecular weight excluding hydrogens is 484 g/mol. The van der Waals surface area contributed by atoms with Crippen molar-refractivity contribution in [1.82, 2.24) is 4.57 Å². The maximum atomic E-state index is 13.5. The molecule has 9 heteroatoms. The average Bonchev–Trinajstić information content (AvgIpc) is 3.29. The molecule has 1 aliphatic rings. The molecule has 0 saturated heterocycles. The van der Waals surface area contributed by atoms with Gasteiger partial charge in [0.15, 0.2) is 9.47 Å². The minimum atomic E-state index is -0.725. The number of nitrogens with zero attached hydrogens (tertiary/aromatic N) is 2. The molecule has 0 fully saturated rings. The molecule has 0 radical (unpaired) electrons. The third kappa shape index (κ3) is 3.90. The van der Waals surface area contributed by atoms with Crippen molar-refractivity contribution in [2.24, 2.45) is 4.99 Å². The van der Waals surface area contributed by atoms with Crippen molar-refractivity contribution in [1.29, 1.82) is 0 Å². The molecule has 4 rings (SSSR count). The Bertz CT molecular complexity index is 1360. The highest BCUT2D eigenvalue weighted by Crippen LogP contribution is 2.35. The number of carbonyl (C=O) groups is 1. The predicted octanol–water partition coefficient (Wildman–Crippen LogP) is 3.16. The van der Waals surface area contributed by atoms with Gasteiger partial charge in [-0.15, -0.1) is 0 Å². The zero-order chi connectivity index (χ0) is 22.1. The van der Waals surface area contributed by atoms with Crippen molar-refractivity contribution in [2.45, 2.75) is 19.9 Å². The van der Waals surface area contributed by atoms with Crippen molar-refractivity contribution >= 4 is 39.3 Å². The van der Waals surface area contributed by atoms with Crippen LogP contribution in [0, 0.1) is 0 Å². The number of carbonyl (C=O) groups excluding carboxylic acids is 1. The molecule has 0 amide bonds. The van der Waals surface area contributed by atoms with Gasteiger partial charge in [-0.05, 0) is 48.0 Å². The number of allylic oxidation sites excluding steroid dienone is 1. The summed E-state index contributed by atoms with van der Waals surface area (Å²) in [6, 6.07) is 10.1. The smallest absolute Gasteiger partial charge is 0.338 e. The van der Waals surface area contributed by atoms with Gasteiger partial charge in [-0.25, -0.2) is 9.79 Å². The van der Waals surface area contributed by atoms with E-state index >= 15 is 0 Å². The first-order valence-corrected chi connectivity index (χ1v) is 11.1. The van der Waals surface area contributed by atoms with E-state index in [1.165, 1.54) is 15.9 Å². The molecule has 0 spiro atoms. The lowest BCUT2D eigenvalue weighted by atomic mass is 9.95. The number of aromatic nitrogens is 1. The van der Waals surface area contributed by atoms with E-state index < -0.39 is 12.0 Å². The van der Waals surface area contributed by atoms with E-state index in [4.69, 9.17) is 13.9 Å². The zero-order valence-corrected chi connectivity index (χ0v) is 19.5. The van der Waals surface area contributed by atoms with Gasteiger partial charge in [-0.3, -0.25) is 9.36 Å². The van der Waals surface area contributed by atoms with Crippen LogP contribution in [0.1, 0.15) is 31.2 Å². The lowest BCUT2D eigenvalue weighted by Gasteiger charge is -2.25. The van der Waals surface area contributed by atoms with Crippen LogP contribution < -0.4 is 19.6 Å². The molecule has 31 heavy (non-hydrogen) atoms. The number of hydrogen-bond acceptors (Lipinski definition) is 7. The first-order chi connectivity index (χ1) is 14.9. The minimum absolute atomic E-state index is 0.214. The fourth-order valence-corrected chi connectivity index (χ4v) is 4.86. The van der Waals surface area contributed by atoms with E-state index in [-0.39, 0.29) is 12.2 Å². The summed E-state index contributed by atoms with van der Waals surface area (Å²) in [5.41, 5.74) is 1.21. The van der Waals surface area contributed by atoms with Crippen LogP contribution in [0.4, 0.5) is 0 Å². The molecule has 3 heterocycles. The monoisotopic (exact) mass is 502 g/mol. The van der Waals surface area contributed by atoms with Crippen LogP contribution in [-0.4, -0.2) is 24.3 Å². The van der Waals surface area contributed by atoms with Gasteiger partial charge in [0.25, 0.3) is 5.56 Å². The largest absolute Gasteiger partial charge is 0.496 e. The van der Waals surface area contributed by atoms with Crippen molar-refractivity contribution in [3.05, 3.63) is 83.3 Å². The Morgan fingerprint density at radius 2 is 2.10 bits per heavy atom. The summed E-state index contributed by atoms with van der Waals surface area (Å²) in [4.78, 5) is 31.4. The zero-order valence-electron chi connectivity index (χ0n) is 17.0. The second kappa shape index (κ2) is 8.68. The lowest BCUT2D eigenvalue weighted by Crippen LogP contribution is -2.40. The fraction of sp³-hybridized carbons (Fsp3) is 0.227. The van der Waals surface area contributed by atoms with Crippen molar-refractivity contribution < 1.29 is 18.7 Å². The summed E-state index contributed by atoms with van der Waals surface area (Å²) in [5, 5.41) is 0. The normalized spacial score (nSPS) is 16.1. The number of halogens is 1. The third-order valence-electron chi connectivity index (χ3n) is 4.82. The Morgan fingerprint density at radius 3 is 2.77 bits per heavy atom. The van der Waals surface area contributed by atoms with E-state index in [1.807, 2.05) is 18.2 Å². The maximum absolute atomic E-state index is 13.5. The number of furan rings is 1. The Morgan fingerprint density at radius 1 is 1.32 bits per heavy atom. The molecule has 0 N–H and O–H groups in total. The number of thiazole rings is 1. The molecule has 0 aliphatic carbocycles. The van der Waals surface area contributed by atoms with Gasteiger partial charge in [0.05, 0.1) is 29.5 Å². The van der Waals surface area contributed by atoms with E-state index in [0.717, 1.165) is 0 Å². The Hall–Kier alpha value is -2.91. The highest BCUT2D eigenvalue weighted by atomic mass is 79.9. The van der Waals surface area contributed by atoms with Gasteiger partial charge in [-0.1, -0.05) is 29.5 Å². The van der Waals surface area contributed by atoms with E-state index in [1.54, 1.807) is 45.2 Å². The van der Waals surface area contributed by atoms with Crippen LogP contribution in [0.5, 0.6) is 5.75 Å². The molecular formula is C22H19BrN2O5S. The number of fused-ring (bicyclic) bond motifs is 1. The van der Waals surface area contributed by atoms with Crippen LogP contribution in [0.2, 0.25) is 0 Å². The predicted molar refractivity (Wildman–Crippen MR) is 120 cm³/mol. The van der Waals surface area contributed by atoms with Crippen LogP contribution in [0.15, 0.2) is 66.5 Å². The van der Waals surface area contributed by atoms with Gasteiger partial charge in [0, 0.05) is 11.6 Å². The summed E-state index contributed by atoms with van der Waals surface area (Å²) in [7, 11) is 1.55. The van der Waals surface area contributed by atoms with Gasteiger partial charge in [0.2, 0.25) is 0 Å². The topological polar surface area (TPSA) is 83.0 Å². The fourth-order valence-electron chi connectivity index (χ4n) is 3.51. The number of methoxy groups -OCH3 is 1. The molecule has 2 aromatic heterocycles. The van der Waals surface area contributed by atoms with Gasteiger partial charge < -0.3 is 13.9 Å². The van der Waals surface area contributed by atoms with Gasteiger partial charge >= 0.3 is 5.97 Å². The molecule has 1 atom stereocenters. The third-order valence-corrected chi connectivity index (χ3v) is 6.23. The van der Waals surface area contributed by atoms with Crippen molar-refractivity contribution in [3.63, 3.8) is 0 Å². The quantitative estimate of drug-likeness (QED) is 0.500. The summed E-state index contributed by atoms with van der Waals surface area (Å²) in [5.74, 6) is 0.588. The molecule has 3 aromatic rings. The number of ether oxygens (including phenoxy) is 2. The van der Waals surface area contributed by atoms with Gasteiger partial charge in [0.1, 0.15) is 17.6 Å². The number of esters is 1. The van der Waals surface area contributed by atoms with E-state index in [2.05, 4.69) is 20.9 Å². The molecule has 0 bridgehead atoms. The summed E-state index contributed by atoms with van der Waals surface area (Å²) in [6.45, 7) is 3.70. The molecule has 0 saturated carbocycles. The average molecular weight is 503 g/mol. The number of hydrogen-bond donors (Lipinski definition) is 0. The Balaban J connectivity index is 2.00.